The normalized spacial score (nSPS) is 13.2. The Morgan fingerprint density at radius 3 is 2.88 bits per heavy atom. The minimum Gasteiger partial charge on any atom is -0.386 e. The minimum absolute atomic E-state index is 0.420. The highest BCUT2D eigenvalue weighted by molar-refractivity contribution is 7.19. The number of hydrogen-bond donors (Lipinski definition) is 3. The summed E-state index contributed by atoms with van der Waals surface area (Å²) in [6.07, 6.45) is 1.68. The highest BCUT2D eigenvalue weighted by Crippen LogP contribution is 2.29. The fourth-order valence-electron chi connectivity index (χ4n) is 2.27. The van der Waals surface area contributed by atoms with Crippen LogP contribution in [0.15, 0.2) is 35.3 Å². The first kappa shape index (κ1) is 18.7. The summed E-state index contributed by atoms with van der Waals surface area (Å²) in [7, 11) is 1.72. The van der Waals surface area contributed by atoms with E-state index in [2.05, 4.69) is 34.7 Å². The number of benzene rings is 1. The molecule has 0 aliphatic carbocycles. The van der Waals surface area contributed by atoms with Crippen LogP contribution in [0.5, 0.6) is 0 Å². The van der Waals surface area contributed by atoms with Gasteiger partial charge in [-0.2, -0.15) is 0 Å². The van der Waals surface area contributed by atoms with E-state index in [9.17, 15) is 5.11 Å². The molecule has 0 spiro atoms. The van der Waals surface area contributed by atoms with E-state index in [-0.39, 0.29) is 0 Å². The van der Waals surface area contributed by atoms with Gasteiger partial charge < -0.3 is 20.5 Å². The first-order chi connectivity index (χ1) is 11.7. The van der Waals surface area contributed by atoms with Gasteiger partial charge in [0.25, 0.3) is 0 Å². The van der Waals surface area contributed by atoms with Crippen LogP contribution < -0.4 is 10.6 Å². The van der Waals surface area contributed by atoms with Gasteiger partial charge in [-0.15, -0.1) is 11.3 Å². The Bertz CT molecular complexity index is 609. The summed E-state index contributed by atoms with van der Waals surface area (Å²) in [5.41, 5.74) is 0. The second-order valence-electron chi connectivity index (χ2n) is 5.55. The van der Waals surface area contributed by atoms with E-state index >= 15 is 0 Å². The van der Waals surface area contributed by atoms with Gasteiger partial charge in [0.15, 0.2) is 5.96 Å². The van der Waals surface area contributed by atoms with Crippen molar-refractivity contribution >= 4 is 27.4 Å². The number of rotatable bonds is 9. The van der Waals surface area contributed by atoms with Crippen molar-refractivity contribution in [1.29, 1.82) is 0 Å². The highest BCUT2D eigenvalue weighted by Gasteiger charge is 2.12. The number of aliphatic hydroxyl groups is 1. The zero-order valence-electron chi connectivity index (χ0n) is 14.4. The van der Waals surface area contributed by atoms with Gasteiger partial charge in [-0.1, -0.05) is 31.5 Å². The Morgan fingerprint density at radius 2 is 2.12 bits per heavy atom. The molecule has 6 heteroatoms. The largest absolute Gasteiger partial charge is 0.386 e. The van der Waals surface area contributed by atoms with Crippen LogP contribution in [0, 0.1) is 0 Å². The fourth-order valence-corrected chi connectivity index (χ4v) is 3.32. The summed E-state index contributed by atoms with van der Waals surface area (Å²) in [5, 5.41) is 17.9. The number of thiophene rings is 1. The molecule has 0 saturated heterocycles. The average molecular weight is 350 g/mol. The number of aliphatic imine (C=N–C) groups is 1. The maximum atomic E-state index is 10.4. The Balaban J connectivity index is 1.74. The van der Waals surface area contributed by atoms with Crippen molar-refractivity contribution in [2.75, 3.05) is 33.4 Å². The van der Waals surface area contributed by atoms with Crippen LogP contribution in [0.25, 0.3) is 10.1 Å². The summed E-state index contributed by atoms with van der Waals surface area (Å²) in [6, 6.07) is 10.2. The van der Waals surface area contributed by atoms with Crippen LogP contribution >= 0.6 is 11.3 Å². The van der Waals surface area contributed by atoms with Gasteiger partial charge in [-0.05, 0) is 23.9 Å². The third kappa shape index (κ3) is 5.78. The van der Waals surface area contributed by atoms with Crippen LogP contribution in [0.1, 0.15) is 30.7 Å². The number of aliphatic hydroxyl groups excluding tert-OH is 1. The number of nitrogens with one attached hydrogen (secondary N) is 2. The molecule has 24 heavy (non-hydrogen) atoms. The lowest BCUT2D eigenvalue weighted by Crippen LogP contribution is -2.40. The van der Waals surface area contributed by atoms with Crippen molar-refractivity contribution in [2.24, 2.45) is 4.99 Å². The van der Waals surface area contributed by atoms with Crippen LogP contribution in [0.3, 0.4) is 0 Å². The molecule has 1 heterocycles. The van der Waals surface area contributed by atoms with Crippen molar-refractivity contribution in [3.63, 3.8) is 0 Å². The number of guanidine groups is 1. The summed E-state index contributed by atoms with van der Waals surface area (Å²) in [6.45, 7) is 4.72. The molecule has 0 aliphatic heterocycles. The molecule has 0 bridgehead atoms. The van der Waals surface area contributed by atoms with Crippen LogP contribution in [0.2, 0.25) is 0 Å². The van der Waals surface area contributed by atoms with Gasteiger partial charge in [0.05, 0.1) is 6.61 Å². The Morgan fingerprint density at radius 1 is 1.29 bits per heavy atom. The van der Waals surface area contributed by atoms with E-state index in [1.807, 2.05) is 18.2 Å². The molecule has 2 rings (SSSR count). The molecule has 1 aromatic heterocycles. The molecular formula is C18H27N3O2S. The quantitative estimate of drug-likeness (QED) is 0.370. The molecule has 132 valence electrons. The summed E-state index contributed by atoms with van der Waals surface area (Å²) < 4.78 is 6.70. The molecule has 0 fully saturated rings. The van der Waals surface area contributed by atoms with Crippen LogP contribution in [-0.2, 0) is 4.74 Å². The van der Waals surface area contributed by atoms with Gasteiger partial charge >= 0.3 is 0 Å². The van der Waals surface area contributed by atoms with E-state index in [1.165, 1.54) is 10.1 Å². The third-order valence-corrected chi connectivity index (χ3v) is 4.86. The van der Waals surface area contributed by atoms with E-state index in [0.717, 1.165) is 24.3 Å². The Labute approximate surface area is 147 Å². The first-order valence-electron chi connectivity index (χ1n) is 8.43. The molecule has 1 unspecified atom stereocenters. The number of hydrogen-bond acceptors (Lipinski definition) is 4. The van der Waals surface area contributed by atoms with Crippen molar-refractivity contribution in [2.45, 2.75) is 25.9 Å². The second kappa shape index (κ2) is 10.3. The molecule has 5 nitrogen and oxygen atoms in total. The minimum atomic E-state index is -0.554. The van der Waals surface area contributed by atoms with Gasteiger partial charge in [0, 0.05) is 36.3 Å². The predicted molar refractivity (Wildman–Crippen MR) is 102 cm³/mol. The van der Waals surface area contributed by atoms with Crippen molar-refractivity contribution in [3.8, 4) is 0 Å². The molecular weight excluding hydrogens is 322 g/mol. The van der Waals surface area contributed by atoms with Crippen LogP contribution in [0.4, 0.5) is 0 Å². The third-order valence-electron chi connectivity index (χ3n) is 3.64. The zero-order valence-corrected chi connectivity index (χ0v) is 15.2. The Hall–Kier alpha value is -1.63. The standard InChI is InChI=1S/C18H27N3O2S/c1-3-4-10-23-11-9-20-18(19-2)21-13-15(22)17-12-14-7-5-6-8-16(14)24-17/h5-8,12,15,22H,3-4,9-11,13H2,1-2H3,(H2,19,20,21). The average Bonchev–Trinajstić information content (AvgIpc) is 3.04. The van der Waals surface area contributed by atoms with Crippen molar-refractivity contribution in [1.82, 2.24) is 10.6 Å². The van der Waals surface area contributed by atoms with E-state index in [4.69, 9.17) is 4.74 Å². The first-order valence-corrected chi connectivity index (χ1v) is 9.25. The fraction of sp³-hybridized carbons (Fsp3) is 0.500. The van der Waals surface area contributed by atoms with Gasteiger partial charge in [-0.25, -0.2) is 0 Å². The molecule has 1 atom stereocenters. The smallest absolute Gasteiger partial charge is 0.191 e. The van der Waals surface area contributed by atoms with Gasteiger partial charge in [0.1, 0.15) is 6.10 Å². The van der Waals surface area contributed by atoms with E-state index < -0.39 is 6.10 Å². The highest BCUT2D eigenvalue weighted by atomic mass is 32.1. The summed E-state index contributed by atoms with van der Waals surface area (Å²) >= 11 is 1.62. The molecule has 0 radical (unpaired) electrons. The number of unbranched alkanes of at least 4 members (excludes halogenated alkanes) is 1. The van der Waals surface area contributed by atoms with Crippen molar-refractivity contribution in [3.05, 3.63) is 35.2 Å². The van der Waals surface area contributed by atoms with Gasteiger partial charge in [0.2, 0.25) is 0 Å². The summed E-state index contributed by atoms with van der Waals surface area (Å²) in [4.78, 5) is 5.12. The number of fused-ring (bicyclic) bond motifs is 1. The van der Waals surface area contributed by atoms with E-state index in [0.29, 0.717) is 25.7 Å². The second-order valence-corrected chi connectivity index (χ2v) is 6.66. The molecule has 0 amide bonds. The molecule has 2 aromatic rings. The topological polar surface area (TPSA) is 65.9 Å². The zero-order chi connectivity index (χ0) is 17.2. The summed E-state index contributed by atoms with van der Waals surface area (Å²) in [5.74, 6) is 0.675. The Kier molecular flexibility index (Phi) is 8.01. The van der Waals surface area contributed by atoms with Crippen molar-refractivity contribution < 1.29 is 9.84 Å². The van der Waals surface area contributed by atoms with Gasteiger partial charge in [-0.3, -0.25) is 4.99 Å². The lowest BCUT2D eigenvalue weighted by molar-refractivity contribution is 0.135. The molecule has 0 saturated carbocycles. The van der Waals surface area contributed by atoms with E-state index in [1.54, 1.807) is 18.4 Å². The molecule has 3 N–H and O–H groups in total. The maximum absolute atomic E-state index is 10.4. The SMILES string of the molecule is CCCCOCCNC(=NC)NCC(O)c1cc2ccccc2s1. The molecule has 0 aliphatic rings. The molecule has 1 aromatic carbocycles. The lowest BCUT2D eigenvalue weighted by Gasteiger charge is -2.14. The monoisotopic (exact) mass is 349 g/mol. The number of nitrogens with zero attached hydrogens (tertiary/aromatic N) is 1. The van der Waals surface area contributed by atoms with Crippen LogP contribution in [-0.4, -0.2) is 44.4 Å². The maximum Gasteiger partial charge on any atom is 0.191 e. The predicted octanol–water partition coefficient (Wildman–Crippen LogP) is 2.92. The number of ether oxygens (including phenoxy) is 1. The lowest BCUT2D eigenvalue weighted by atomic mass is 10.2.